The summed E-state index contributed by atoms with van der Waals surface area (Å²) in [6.07, 6.45) is -13.2. The van der Waals surface area contributed by atoms with E-state index in [1.807, 2.05) is 0 Å². The third kappa shape index (κ3) is 5.81. The highest BCUT2D eigenvalue weighted by Gasteiger charge is 2.50. The topological polar surface area (TPSA) is 216 Å². The van der Waals surface area contributed by atoms with Gasteiger partial charge in [0, 0.05) is 6.07 Å². The summed E-state index contributed by atoms with van der Waals surface area (Å²) in [5, 5.41) is 61.6. The molecular weight excluding hydrogens is 588 g/mol. The van der Waals surface area contributed by atoms with Gasteiger partial charge in [0.25, 0.3) is 0 Å². The third-order valence-electron chi connectivity index (χ3n) is 7.57. The van der Waals surface area contributed by atoms with Crippen molar-refractivity contribution in [1.82, 2.24) is 0 Å². The van der Waals surface area contributed by atoms with E-state index in [1.54, 1.807) is 24.3 Å². The Labute approximate surface area is 250 Å². The number of rotatable bonds is 9. The van der Waals surface area contributed by atoms with E-state index < -0.39 is 74.0 Å². The minimum absolute atomic E-state index is 0.0418. The smallest absolute Gasteiger partial charge is 0.229 e. The van der Waals surface area contributed by atoms with E-state index in [-0.39, 0.29) is 33.8 Å². The zero-order chi connectivity index (χ0) is 31.7. The Morgan fingerprint density at radius 2 is 1.59 bits per heavy atom. The van der Waals surface area contributed by atoms with Crippen LogP contribution in [0.5, 0.6) is 23.0 Å². The van der Waals surface area contributed by atoms with Gasteiger partial charge < -0.3 is 68.2 Å². The fourth-order valence-corrected chi connectivity index (χ4v) is 5.11. The fourth-order valence-electron chi connectivity index (χ4n) is 5.11. The largest absolute Gasteiger partial charge is 0.497 e. The van der Waals surface area contributed by atoms with Crippen LogP contribution in [0.4, 0.5) is 0 Å². The number of aliphatic hydroxyl groups excluding tert-OH is 6. The Hall–Kier alpha value is -3.51. The van der Waals surface area contributed by atoms with Crippen LogP contribution in [-0.4, -0.2) is 120 Å². The molecule has 2 aromatic carbocycles. The summed E-state index contributed by atoms with van der Waals surface area (Å²) in [6.45, 7) is -1.13. The number of fused-ring (bicyclic) bond motifs is 1. The maximum absolute atomic E-state index is 14.0. The molecule has 5 rings (SSSR count). The number of hydrogen-bond acceptors (Lipinski definition) is 15. The third-order valence-corrected chi connectivity index (χ3v) is 7.57. The van der Waals surface area contributed by atoms with Crippen molar-refractivity contribution in [3.05, 3.63) is 46.8 Å². The first-order valence-electron chi connectivity index (χ1n) is 13.6. The summed E-state index contributed by atoms with van der Waals surface area (Å²) >= 11 is 0. The van der Waals surface area contributed by atoms with Gasteiger partial charge in [0.1, 0.15) is 59.8 Å². The highest BCUT2D eigenvalue weighted by Crippen LogP contribution is 2.42. The molecule has 44 heavy (non-hydrogen) atoms. The molecule has 2 saturated heterocycles. The van der Waals surface area contributed by atoms with Crippen LogP contribution in [0.3, 0.4) is 0 Å². The maximum atomic E-state index is 14.0. The van der Waals surface area contributed by atoms with Crippen molar-refractivity contribution in [2.75, 3.05) is 34.5 Å². The summed E-state index contributed by atoms with van der Waals surface area (Å²) in [6, 6.07) is 7.99. The molecule has 2 aliphatic rings. The van der Waals surface area contributed by atoms with E-state index in [9.17, 15) is 35.4 Å². The van der Waals surface area contributed by atoms with Crippen molar-refractivity contribution in [1.29, 1.82) is 0 Å². The molecule has 2 fully saturated rings. The van der Waals surface area contributed by atoms with Gasteiger partial charge in [-0.1, -0.05) is 12.1 Å². The van der Waals surface area contributed by atoms with Crippen LogP contribution >= 0.6 is 0 Å². The number of aliphatic hydroxyl groups is 6. The Kier molecular flexibility index (Phi) is 9.59. The van der Waals surface area contributed by atoms with Crippen LogP contribution in [0.25, 0.3) is 22.1 Å². The second-order valence-corrected chi connectivity index (χ2v) is 10.2. The van der Waals surface area contributed by atoms with Crippen molar-refractivity contribution in [2.24, 2.45) is 0 Å². The summed E-state index contributed by atoms with van der Waals surface area (Å²) in [5.74, 6) is 0.593. The molecule has 0 unspecified atom stereocenters. The molecule has 2 aliphatic heterocycles. The van der Waals surface area contributed by atoms with Crippen molar-refractivity contribution < 1.29 is 68.2 Å². The van der Waals surface area contributed by atoms with Crippen LogP contribution in [0.1, 0.15) is 0 Å². The molecule has 0 bridgehead atoms. The maximum Gasteiger partial charge on any atom is 0.229 e. The van der Waals surface area contributed by atoms with E-state index in [4.69, 9.17) is 37.6 Å². The van der Waals surface area contributed by atoms with Gasteiger partial charge in [-0.2, -0.15) is 0 Å². The van der Waals surface area contributed by atoms with E-state index in [2.05, 4.69) is 0 Å². The lowest BCUT2D eigenvalue weighted by Gasteiger charge is -2.44. The quantitative estimate of drug-likeness (QED) is 0.171. The van der Waals surface area contributed by atoms with Crippen molar-refractivity contribution in [2.45, 2.75) is 55.3 Å². The van der Waals surface area contributed by atoms with Crippen molar-refractivity contribution in [3.63, 3.8) is 0 Å². The van der Waals surface area contributed by atoms with Gasteiger partial charge in [-0.25, -0.2) is 0 Å². The predicted octanol–water partition coefficient (Wildman–Crippen LogP) is -0.872. The zero-order valence-corrected chi connectivity index (χ0v) is 23.9. The lowest BCUT2D eigenvalue weighted by molar-refractivity contribution is -0.344. The van der Waals surface area contributed by atoms with Crippen LogP contribution in [0.2, 0.25) is 0 Å². The van der Waals surface area contributed by atoms with Crippen molar-refractivity contribution in [3.8, 4) is 34.1 Å². The highest BCUT2D eigenvalue weighted by atomic mass is 16.8. The second-order valence-electron chi connectivity index (χ2n) is 10.2. The summed E-state index contributed by atoms with van der Waals surface area (Å²) in [4.78, 5) is 14.0. The Morgan fingerprint density at radius 1 is 0.864 bits per heavy atom. The van der Waals surface area contributed by atoms with Crippen molar-refractivity contribution >= 4 is 11.0 Å². The lowest BCUT2D eigenvalue weighted by Crippen LogP contribution is -2.63. The molecule has 15 nitrogen and oxygen atoms in total. The van der Waals surface area contributed by atoms with Gasteiger partial charge in [-0.05, 0) is 17.7 Å². The average Bonchev–Trinajstić information content (AvgIpc) is 3.04. The van der Waals surface area contributed by atoms with Crippen LogP contribution in [0, 0.1) is 0 Å². The van der Waals surface area contributed by atoms with E-state index in [1.165, 1.54) is 33.7 Å². The van der Waals surface area contributed by atoms with E-state index in [0.717, 1.165) is 0 Å². The predicted molar refractivity (Wildman–Crippen MR) is 149 cm³/mol. The molecule has 9 atom stereocenters. The van der Waals surface area contributed by atoms with Crippen LogP contribution < -0.4 is 24.4 Å². The molecule has 1 aromatic heterocycles. The van der Waals surface area contributed by atoms with E-state index >= 15 is 0 Å². The molecule has 0 spiro atoms. The number of benzene rings is 2. The standard InChI is InChI=1S/C29H34O15/c1-37-13-6-4-12(5-7-13)14-10-40-26-19(20(14)32)16(8-17(38-2)25(26)39-3)42-29-27(23(35)22(34)18(9-30)43-29)44-28-24(36)21(33)15(31)11-41-28/h4-8,10,15,18,21-24,27-31,33-36H,9,11H2,1-3H3/t15-,18+,21-,22-,23-,24-,27+,28+,29+/m1/s1. The second kappa shape index (κ2) is 13.2. The lowest BCUT2D eigenvalue weighted by atomic mass is 9.98. The Morgan fingerprint density at radius 3 is 2.23 bits per heavy atom. The van der Waals surface area contributed by atoms with Gasteiger partial charge in [0.05, 0.1) is 40.1 Å². The first kappa shape index (κ1) is 31.9. The molecule has 0 radical (unpaired) electrons. The number of methoxy groups -OCH3 is 3. The SMILES string of the molecule is COc1ccc(-c2coc3c(OC)c(OC)cc(O[C@H]4O[C@@H](CO)[C@@H](O)[C@@H](O)[C@@H]4O[C@@H]4OC[C@@H](O)[C@@H](O)[C@H]4O)c3c2=O)cc1. The van der Waals surface area contributed by atoms with Gasteiger partial charge in [0.15, 0.2) is 23.7 Å². The molecule has 0 amide bonds. The van der Waals surface area contributed by atoms with E-state index in [0.29, 0.717) is 11.3 Å². The van der Waals surface area contributed by atoms with Crippen LogP contribution in [-0.2, 0) is 14.2 Å². The molecule has 3 aromatic rings. The van der Waals surface area contributed by atoms with Gasteiger partial charge in [0.2, 0.25) is 17.5 Å². The minimum Gasteiger partial charge on any atom is -0.497 e. The summed E-state index contributed by atoms with van der Waals surface area (Å²) in [5.41, 5.74) is 0.0767. The molecule has 0 saturated carbocycles. The molecule has 6 N–H and O–H groups in total. The first-order chi connectivity index (χ1) is 21.1. The van der Waals surface area contributed by atoms with Crippen LogP contribution in [0.15, 0.2) is 45.8 Å². The fraction of sp³-hybridized carbons (Fsp3) is 0.483. The molecule has 0 aliphatic carbocycles. The molecular formula is C29H34O15. The zero-order valence-electron chi connectivity index (χ0n) is 23.9. The number of ether oxygens (including phenoxy) is 7. The van der Waals surface area contributed by atoms with Gasteiger partial charge >= 0.3 is 0 Å². The Balaban J connectivity index is 1.60. The summed E-state index contributed by atoms with van der Waals surface area (Å²) in [7, 11) is 4.22. The Bertz CT molecular complexity index is 1490. The van der Waals surface area contributed by atoms with Gasteiger partial charge in [-0.3, -0.25) is 4.79 Å². The highest BCUT2D eigenvalue weighted by molar-refractivity contribution is 5.93. The number of hydrogen-bond donors (Lipinski definition) is 6. The monoisotopic (exact) mass is 622 g/mol. The summed E-state index contributed by atoms with van der Waals surface area (Å²) < 4.78 is 44.9. The molecule has 240 valence electrons. The molecule has 3 heterocycles. The average molecular weight is 623 g/mol. The normalized spacial score (nSPS) is 30.6. The first-order valence-corrected chi connectivity index (χ1v) is 13.6. The molecule has 15 heteroatoms. The minimum atomic E-state index is -1.77. The van der Waals surface area contributed by atoms with Gasteiger partial charge in [-0.15, -0.1) is 0 Å².